The molecule has 0 aliphatic carbocycles. The van der Waals surface area contributed by atoms with Crippen LogP contribution in [0.1, 0.15) is 12.5 Å². The summed E-state index contributed by atoms with van der Waals surface area (Å²) in [5.41, 5.74) is 1.26. The van der Waals surface area contributed by atoms with Gasteiger partial charge in [0.25, 0.3) is 0 Å². The molecule has 0 unspecified atom stereocenters. The quantitative estimate of drug-likeness (QED) is 0.780. The Morgan fingerprint density at radius 2 is 1.89 bits per heavy atom. The molecule has 0 aliphatic heterocycles. The predicted molar refractivity (Wildman–Crippen MR) is 76.9 cm³/mol. The summed E-state index contributed by atoms with van der Waals surface area (Å²) in [7, 11) is 0. The Hall–Kier alpha value is -1.07. The SMILES string of the molecule is CCOc1ccc(SCc2ccc(Br)cc2)nn1. The third-order valence-electron chi connectivity index (χ3n) is 2.21. The van der Waals surface area contributed by atoms with Crippen LogP contribution in [0.2, 0.25) is 0 Å². The van der Waals surface area contributed by atoms with E-state index in [1.54, 1.807) is 11.8 Å². The first-order valence-electron chi connectivity index (χ1n) is 5.61. The Morgan fingerprint density at radius 1 is 1.11 bits per heavy atom. The molecule has 0 spiro atoms. The average molecular weight is 325 g/mol. The van der Waals surface area contributed by atoms with Crippen molar-refractivity contribution in [1.82, 2.24) is 10.2 Å². The number of ether oxygens (including phenoxy) is 1. The van der Waals surface area contributed by atoms with Gasteiger partial charge in [-0.3, -0.25) is 0 Å². The van der Waals surface area contributed by atoms with Crippen LogP contribution in [0, 0.1) is 0 Å². The highest BCUT2D eigenvalue weighted by atomic mass is 79.9. The van der Waals surface area contributed by atoms with Crippen molar-refractivity contribution in [1.29, 1.82) is 0 Å². The van der Waals surface area contributed by atoms with Crippen molar-refractivity contribution in [3.63, 3.8) is 0 Å². The van der Waals surface area contributed by atoms with Crippen molar-refractivity contribution in [2.75, 3.05) is 6.61 Å². The second-order valence-corrected chi connectivity index (χ2v) is 5.47. The number of halogens is 1. The minimum Gasteiger partial charge on any atom is -0.477 e. The minimum absolute atomic E-state index is 0.575. The third-order valence-corrected chi connectivity index (χ3v) is 3.73. The highest BCUT2D eigenvalue weighted by Crippen LogP contribution is 2.22. The molecule has 2 aromatic rings. The second kappa shape index (κ2) is 6.75. The Morgan fingerprint density at radius 3 is 2.50 bits per heavy atom. The first-order valence-corrected chi connectivity index (χ1v) is 7.39. The standard InChI is InChI=1S/C13H13BrN2OS/c1-2-17-12-7-8-13(16-15-12)18-9-10-3-5-11(14)6-4-10/h3-8H,2,9H2,1H3. The van der Waals surface area contributed by atoms with Gasteiger partial charge in [0.15, 0.2) is 0 Å². The van der Waals surface area contributed by atoms with Gasteiger partial charge in [0.1, 0.15) is 5.03 Å². The van der Waals surface area contributed by atoms with E-state index in [1.807, 2.05) is 31.2 Å². The normalized spacial score (nSPS) is 10.3. The first-order chi connectivity index (χ1) is 8.78. The molecule has 0 atom stereocenters. The zero-order chi connectivity index (χ0) is 12.8. The van der Waals surface area contributed by atoms with Gasteiger partial charge in [-0.15, -0.1) is 10.2 Å². The molecule has 1 aromatic heterocycles. The number of hydrogen-bond donors (Lipinski definition) is 0. The molecule has 5 heteroatoms. The Bertz CT molecular complexity index is 487. The lowest BCUT2D eigenvalue weighted by Crippen LogP contribution is -1.96. The molecule has 94 valence electrons. The van der Waals surface area contributed by atoms with Crippen LogP contribution in [-0.2, 0) is 5.75 Å². The van der Waals surface area contributed by atoms with E-state index >= 15 is 0 Å². The lowest BCUT2D eigenvalue weighted by Gasteiger charge is -2.03. The van der Waals surface area contributed by atoms with E-state index in [0.29, 0.717) is 12.5 Å². The van der Waals surface area contributed by atoms with Crippen LogP contribution in [0.3, 0.4) is 0 Å². The molecule has 0 saturated carbocycles. The molecular formula is C13H13BrN2OS. The zero-order valence-corrected chi connectivity index (χ0v) is 12.4. The van der Waals surface area contributed by atoms with E-state index in [0.717, 1.165) is 15.3 Å². The van der Waals surface area contributed by atoms with E-state index in [2.05, 4.69) is 38.3 Å². The molecule has 1 aromatic carbocycles. The molecule has 18 heavy (non-hydrogen) atoms. The van der Waals surface area contributed by atoms with E-state index in [9.17, 15) is 0 Å². The van der Waals surface area contributed by atoms with E-state index in [1.165, 1.54) is 5.56 Å². The molecule has 0 radical (unpaired) electrons. The van der Waals surface area contributed by atoms with Gasteiger partial charge < -0.3 is 4.74 Å². The average Bonchev–Trinajstić information content (AvgIpc) is 2.40. The summed E-state index contributed by atoms with van der Waals surface area (Å²) in [6.07, 6.45) is 0. The monoisotopic (exact) mass is 324 g/mol. The Balaban J connectivity index is 1.91. The zero-order valence-electron chi connectivity index (χ0n) is 9.97. The molecule has 0 aliphatic rings. The van der Waals surface area contributed by atoms with Crippen molar-refractivity contribution in [2.45, 2.75) is 17.7 Å². The lowest BCUT2D eigenvalue weighted by molar-refractivity contribution is 0.321. The van der Waals surface area contributed by atoms with Gasteiger partial charge in [-0.05, 0) is 30.7 Å². The van der Waals surface area contributed by atoms with Gasteiger partial charge in [-0.25, -0.2) is 0 Å². The maximum atomic E-state index is 5.25. The van der Waals surface area contributed by atoms with Crippen molar-refractivity contribution in [2.24, 2.45) is 0 Å². The van der Waals surface area contributed by atoms with Crippen LogP contribution >= 0.6 is 27.7 Å². The molecular weight excluding hydrogens is 312 g/mol. The number of benzene rings is 1. The number of thioether (sulfide) groups is 1. The first kappa shape index (κ1) is 13.4. The van der Waals surface area contributed by atoms with Crippen LogP contribution in [0.4, 0.5) is 0 Å². The van der Waals surface area contributed by atoms with Gasteiger partial charge in [0, 0.05) is 16.3 Å². The van der Waals surface area contributed by atoms with Crippen molar-refractivity contribution < 1.29 is 4.74 Å². The van der Waals surface area contributed by atoms with E-state index < -0.39 is 0 Å². The van der Waals surface area contributed by atoms with Crippen molar-refractivity contribution >= 4 is 27.7 Å². The van der Waals surface area contributed by atoms with Crippen LogP contribution in [0.5, 0.6) is 5.88 Å². The van der Waals surface area contributed by atoms with E-state index in [-0.39, 0.29) is 0 Å². The Labute approximate surface area is 119 Å². The maximum Gasteiger partial charge on any atom is 0.233 e. The highest BCUT2D eigenvalue weighted by Gasteiger charge is 2.00. The summed E-state index contributed by atoms with van der Waals surface area (Å²) in [6.45, 7) is 2.54. The summed E-state index contributed by atoms with van der Waals surface area (Å²) in [5, 5.41) is 9.01. The Kier molecular flexibility index (Phi) is 5.01. The molecule has 3 nitrogen and oxygen atoms in total. The van der Waals surface area contributed by atoms with Crippen LogP contribution < -0.4 is 4.74 Å². The number of rotatable bonds is 5. The molecule has 0 bridgehead atoms. The summed E-state index contributed by atoms with van der Waals surface area (Å²) in [4.78, 5) is 0. The fourth-order valence-electron chi connectivity index (χ4n) is 1.35. The van der Waals surface area contributed by atoms with Gasteiger partial charge >= 0.3 is 0 Å². The smallest absolute Gasteiger partial charge is 0.233 e. The lowest BCUT2D eigenvalue weighted by atomic mass is 10.2. The highest BCUT2D eigenvalue weighted by molar-refractivity contribution is 9.10. The number of hydrogen-bond acceptors (Lipinski definition) is 4. The molecule has 0 amide bonds. The van der Waals surface area contributed by atoms with Crippen LogP contribution in [0.25, 0.3) is 0 Å². The molecule has 2 rings (SSSR count). The van der Waals surface area contributed by atoms with Gasteiger partial charge in [0.2, 0.25) is 5.88 Å². The molecule has 1 heterocycles. The topological polar surface area (TPSA) is 35.0 Å². The maximum absolute atomic E-state index is 5.25. The summed E-state index contributed by atoms with van der Waals surface area (Å²) < 4.78 is 6.34. The fraction of sp³-hybridized carbons (Fsp3) is 0.231. The van der Waals surface area contributed by atoms with Crippen LogP contribution in [0.15, 0.2) is 45.9 Å². The van der Waals surface area contributed by atoms with Gasteiger partial charge in [-0.1, -0.05) is 39.8 Å². The molecule has 0 fully saturated rings. The van der Waals surface area contributed by atoms with Crippen molar-refractivity contribution in [3.8, 4) is 5.88 Å². The summed E-state index contributed by atoms with van der Waals surface area (Å²) in [6, 6.07) is 12.1. The van der Waals surface area contributed by atoms with Crippen molar-refractivity contribution in [3.05, 3.63) is 46.4 Å². The predicted octanol–water partition coefficient (Wildman–Crippen LogP) is 3.93. The number of aromatic nitrogens is 2. The summed E-state index contributed by atoms with van der Waals surface area (Å²) >= 11 is 5.08. The third kappa shape index (κ3) is 3.99. The van der Waals surface area contributed by atoms with E-state index in [4.69, 9.17) is 4.74 Å². The van der Waals surface area contributed by atoms with Gasteiger partial charge in [-0.2, -0.15) is 0 Å². The molecule has 0 N–H and O–H groups in total. The second-order valence-electron chi connectivity index (χ2n) is 3.56. The largest absolute Gasteiger partial charge is 0.477 e. The number of nitrogens with zero attached hydrogens (tertiary/aromatic N) is 2. The fourth-order valence-corrected chi connectivity index (χ4v) is 2.38. The van der Waals surface area contributed by atoms with Gasteiger partial charge in [0.05, 0.1) is 6.61 Å². The molecule has 0 saturated heterocycles. The summed E-state index contributed by atoms with van der Waals surface area (Å²) in [5.74, 6) is 1.46. The van der Waals surface area contributed by atoms with Crippen LogP contribution in [-0.4, -0.2) is 16.8 Å². The minimum atomic E-state index is 0.575.